The van der Waals surface area contributed by atoms with E-state index in [2.05, 4.69) is 10.2 Å². The van der Waals surface area contributed by atoms with Crippen LogP contribution in [0.3, 0.4) is 0 Å². The molecule has 0 spiro atoms. The number of para-hydroxylation sites is 2. The number of hydrogen-bond donors (Lipinski definition) is 1. The van der Waals surface area contributed by atoms with E-state index in [1.807, 2.05) is 42.5 Å². The fraction of sp³-hybridized carbons (Fsp3) is 0.176. The Kier molecular flexibility index (Phi) is 4.05. The molecular formula is C17H17N3O2. The normalized spacial score (nSPS) is 10.6. The molecule has 0 fully saturated rings. The summed E-state index contributed by atoms with van der Waals surface area (Å²) in [6.45, 7) is 0.962. The van der Waals surface area contributed by atoms with Crippen LogP contribution in [0.2, 0.25) is 0 Å². The molecule has 1 amide bonds. The number of nitrogens with one attached hydrogen (secondary N) is 1. The molecule has 3 rings (SSSR count). The zero-order valence-corrected chi connectivity index (χ0v) is 12.3. The molecule has 0 saturated carbocycles. The quantitative estimate of drug-likeness (QED) is 0.787. The molecule has 0 radical (unpaired) electrons. The number of nitrogens with zero attached hydrogens (tertiary/aromatic N) is 2. The zero-order chi connectivity index (χ0) is 15.4. The van der Waals surface area contributed by atoms with E-state index in [0.29, 0.717) is 18.7 Å². The van der Waals surface area contributed by atoms with Gasteiger partial charge in [0.2, 0.25) is 0 Å². The van der Waals surface area contributed by atoms with Crippen molar-refractivity contribution >= 4 is 16.8 Å². The second-order valence-electron chi connectivity index (χ2n) is 5.03. The summed E-state index contributed by atoms with van der Waals surface area (Å²) >= 11 is 0. The second kappa shape index (κ2) is 6.30. The number of carbonyl (C=O) groups is 1. The molecule has 22 heavy (non-hydrogen) atoms. The molecule has 0 unspecified atom stereocenters. The minimum atomic E-state index is -0.0495. The van der Waals surface area contributed by atoms with Crippen LogP contribution >= 0.6 is 0 Å². The number of ether oxygens (including phenoxy) is 1. The summed E-state index contributed by atoms with van der Waals surface area (Å²) in [5, 5.41) is 7.79. The van der Waals surface area contributed by atoms with Gasteiger partial charge >= 0.3 is 0 Å². The highest BCUT2D eigenvalue weighted by atomic mass is 16.5. The van der Waals surface area contributed by atoms with Gasteiger partial charge < -0.3 is 9.64 Å². The molecule has 5 heteroatoms. The van der Waals surface area contributed by atoms with Gasteiger partial charge in [0.05, 0.1) is 23.8 Å². The van der Waals surface area contributed by atoms with Crippen molar-refractivity contribution in [1.82, 2.24) is 15.1 Å². The van der Waals surface area contributed by atoms with E-state index in [4.69, 9.17) is 4.74 Å². The van der Waals surface area contributed by atoms with E-state index in [0.717, 1.165) is 16.7 Å². The Bertz CT molecular complexity index is 768. The number of hydrogen-bond acceptors (Lipinski definition) is 3. The Morgan fingerprint density at radius 1 is 1.18 bits per heavy atom. The summed E-state index contributed by atoms with van der Waals surface area (Å²) in [5.41, 5.74) is 1.39. The highest BCUT2D eigenvalue weighted by molar-refractivity contribution is 6.05. The molecule has 0 atom stereocenters. The lowest BCUT2D eigenvalue weighted by Gasteiger charge is -2.18. The number of amides is 1. The average Bonchev–Trinajstić information content (AvgIpc) is 3.03. The first-order valence-corrected chi connectivity index (χ1v) is 7.11. The number of H-pyrrole nitrogens is 1. The Hall–Kier alpha value is -2.82. The van der Waals surface area contributed by atoms with Crippen molar-refractivity contribution in [2.24, 2.45) is 0 Å². The number of aromatic nitrogens is 2. The van der Waals surface area contributed by atoms with Crippen LogP contribution in [0.25, 0.3) is 10.9 Å². The molecule has 0 bridgehead atoms. The number of fused-ring (bicyclic) bond motifs is 1. The molecule has 0 saturated heterocycles. The fourth-order valence-corrected chi connectivity index (χ4v) is 2.27. The van der Waals surface area contributed by atoms with Crippen LogP contribution in [-0.4, -0.2) is 41.2 Å². The lowest BCUT2D eigenvalue weighted by Crippen LogP contribution is -2.31. The lowest BCUT2D eigenvalue weighted by atomic mass is 10.1. The summed E-state index contributed by atoms with van der Waals surface area (Å²) in [7, 11) is 1.77. The van der Waals surface area contributed by atoms with Crippen molar-refractivity contribution < 1.29 is 9.53 Å². The molecule has 3 aromatic rings. The van der Waals surface area contributed by atoms with E-state index in [9.17, 15) is 4.79 Å². The molecule has 1 aromatic heterocycles. The maximum Gasteiger partial charge on any atom is 0.255 e. The topological polar surface area (TPSA) is 58.2 Å². The fourth-order valence-electron chi connectivity index (χ4n) is 2.27. The first kappa shape index (κ1) is 14.1. The first-order valence-electron chi connectivity index (χ1n) is 7.11. The smallest absolute Gasteiger partial charge is 0.255 e. The molecule has 0 aliphatic carbocycles. The summed E-state index contributed by atoms with van der Waals surface area (Å²) < 4.78 is 5.62. The highest BCUT2D eigenvalue weighted by Crippen LogP contribution is 2.17. The van der Waals surface area contributed by atoms with Crippen LogP contribution in [0.15, 0.2) is 54.7 Å². The van der Waals surface area contributed by atoms with E-state index in [1.165, 1.54) is 0 Å². The molecule has 5 nitrogen and oxygen atoms in total. The van der Waals surface area contributed by atoms with Gasteiger partial charge in [-0.2, -0.15) is 5.10 Å². The van der Waals surface area contributed by atoms with Gasteiger partial charge in [-0.05, 0) is 18.2 Å². The van der Waals surface area contributed by atoms with E-state index in [1.54, 1.807) is 24.2 Å². The van der Waals surface area contributed by atoms with Gasteiger partial charge in [-0.3, -0.25) is 9.89 Å². The van der Waals surface area contributed by atoms with E-state index < -0.39 is 0 Å². The van der Waals surface area contributed by atoms with Gasteiger partial charge in [-0.1, -0.05) is 30.3 Å². The predicted molar refractivity (Wildman–Crippen MR) is 85.0 cm³/mol. The van der Waals surface area contributed by atoms with Crippen LogP contribution in [0.5, 0.6) is 5.75 Å². The van der Waals surface area contributed by atoms with Crippen LogP contribution in [-0.2, 0) is 0 Å². The third kappa shape index (κ3) is 2.93. The van der Waals surface area contributed by atoms with E-state index in [-0.39, 0.29) is 5.91 Å². The Balaban J connectivity index is 1.63. The predicted octanol–water partition coefficient (Wildman–Crippen LogP) is 2.71. The molecule has 112 valence electrons. The minimum Gasteiger partial charge on any atom is -0.492 e. The third-order valence-corrected chi connectivity index (χ3v) is 3.49. The second-order valence-corrected chi connectivity index (χ2v) is 5.03. The molecule has 2 aromatic carbocycles. The van der Waals surface area contributed by atoms with Crippen LogP contribution in [0.1, 0.15) is 10.4 Å². The van der Waals surface area contributed by atoms with Crippen molar-refractivity contribution in [2.75, 3.05) is 20.2 Å². The number of likely N-dealkylation sites (N-methyl/N-ethyl adjacent to an activating group) is 1. The molecule has 0 aliphatic heterocycles. The summed E-state index contributed by atoms with van der Waals surface area (Å²) in [4.78, 5) is 14.2. The van der Waals surface area contributed by atoms with Crippen LogP contribution in [0, 0.1) is 0 Å². The number of carbonyl (C=O) groups excluding carboxylic acids is 1. The zero-order valence-electron chi connectivity index (χ0n) is 12.3. The summed E-state index contributed by atoms with van der Waals surface area (Å²) in [6, 6.07) is 15.2. The third-order valence-electron chi connectivity index (χ3n) is 3.49. The van der Waals surface area contributed by atoms with Crippen molar-refractivity contribution in [1.29, 1.82) is 0 Å². The lowest BCUT2D eigenvalue weighted by molar-refractivity contribution is 0.0775. The molecule has 0 aliphatic rings. The standard InChI is InChI=1S/C17H17N3O2/c1-20(10-11-22-14-7-3-2-4-8-14)17(21)15-9-5-6-13-12-18-19-16(13)15/h2-9,12H,10-11H2,1H3,(H,18,19). The Labute approximate surface area is 128 Å². The summed E-state index contributed by atoms with van der Waals surface area (Å²) in [6.07, 6.45) is 1.71. The summed E-state index contributed by atoms with van der Waals surface area (Å²) in [5.74, 6) is 0.755. The van der Waals surface area contributed by atoms with Crippen molar-refractivity contribution in [2.45, 2.75) is 0 Å². The van der Waals surface area contributed by atoms with Crippen LogP contribution < -0.4 is 4.74 Å². The van der Waals surface area contributed by atoms with Crippen LogP contribution in [0.4, 0.5) is 0 Å². The highest BCUT2D eigenvalue weighted by Gasteiger charge is 2.15. The Morgan fingerprint density at radius 3 is 2.82 bits per heavy atom. The van der Waals surface area contributed by atoms with Gasteiger partial charge in [-0.25, -0.2) is 0 Å². The molecule has 1 heterocycles. The number of rotatable bonds is 5. The van der Waals surface area contributed by atoms with Crippen molar-refractivity contribution in [3.63, 3.8) is 0 Å². The van der Waals surface area contributed by atoms with Gasteiger partial charge in [0, 0.05) is 12.4 Å². The molecular weight excluding hydrogens is 278 g/mol. The van der Waals surface area contributed by atoms with Crippen molar-refractivity contribution in [3.8, 4) is 5.75 Å². The Morgan fingerprint density at radius 2 is 2.00 bits per heavy atom. The maximum atomic E-state index is 12.5. The number of aromatic amines is 1. The van der Waals surface area contributed by atoms with Crippen molar-refractivity contribution in [3.05, 3.63) is 60.3 Å². The minimum absolute atomic E-state index is 0.0495. The average molecular weight is 295 g/mol. The van der Waals surface area contributed by atoms with Gasteiger partial charge in [0.1, 0.15) is 12.4 Å². The van der Waals surface area contributed by atoms with Gasteiger partial charge in [0.15, 0.2) is 0 Å². The van der Waals surface area contributed by atoms with Gasteiger partial charge in [0.25, 0.3) is 5.91 Å². The SMILES string of the molecule is CN(CCOc1ccccc1)C(=O)c1cccc2cn[nH]c12. The van der Waals surface area contributed by atoms with Gasteiger partial charge in [-0.15, -0.1) is 0 Å². The number of benzene rings is 2. The largest absolute Gasteiger partial charge is 0.492 e. The monoisotopic (exact) mass is 295 g/mol. The maximum absolute atomic E-state index is 12.5. The molecule has 1 N–H and O–H groups in total. The first-order chi connectivity index (χ1) is 10.8. The van der Waals surface area contributed by atoms with E-state index >= 15 is 0 Å².